The fraction of sp³-hybridized carbons (Fsp3) is 0.833. The van der Waals surface area contributed by atoms with E-state index in [1.165, 1.54) is 12.8 Å². The van der Waals surface area contributed by atoms with Crippen LogP contribution in [-0.4, -0.2) is 49.4 Å². The predicted octanol–water partition coefficient (Wildman–Crippen LogP) is 0.113. The van der Waals surface area contributed by atoms with Crippen LogP contribution in [0.25, 0.3) is 0 Å². The van der Waals surface area contributed by atoms with Crippen molar-refractivity contribution in [1.82, 2.24) is 15.5 Å². The van der Waals surface area contributed by atoms with Crippen LogP contribution in [0.3, 0.4) is 0 Å². The van der Waals surface area contributed by atoms with Crippen LogP contribution in [0.1, 0.15) is 32.6 Å². The van der Waals surface area contributed by atoms with Gasteiger partial charge in [0, 0.05) is 26.1 Å². The lowest BCUT2D eigenvalue weighted by Gasteiger charge is -2.22. The van der Waals surface area contributed by atoms with Crippen molar-refractivity contribution in [1.29, 1.82) is 0 Å². The van der Waals surface area contributed by atoms with Gasteiger partial charge in [-0.3, -0.25) is 14.5 Å². The second kappa shape index (κ2) is 7.27. The van der Waals surface area contributed by atoms with Gasteiger partial charge in [-0.15, -0.1) is 0 Å². The molecule has 1 atom stereocenters. The van der Waals surface area contributed by atoms with Crippen LogP contribution in [0.4, 0.5) is 0 Å². The van der Waals surface area contributed by atoms with Crippen molar-refractivity contribution in [2.24, 2.45) is 0 Å². The molecule has 1 heterocycles. The molecular weight excluding hydrogens is 218 g/mol. The molecular formula is C12H23N3O2. The SMILES string of the molecule is CCC1CCCN1CC(=O)NCCC(=O)NC. The highest BCUT2D eigenvalue weighted by Gasteiger charge is 2.24. The second-order valence-corrected chi connectivity index (χ2v) is 4.45. The Bertz CT molecular complexity index is 268. The number of amides is 2. The number of nitrogens with one attached hydrogen (secondary N) is 2. The lowest BCUT2D eigenvalue weighted by molar-refractivity contribution is -0.123. The zero-order valence-electron chi connectivity index (χ0n) is 10.8. The van der Waals surface area contributed by atoms with Crippen LogP contribution < -0.4 is 10.6 Å². The van der Waals surface area contributed by atoms with Gasteiger partial charge in [-0.1, -0.05) is 6.92 Å². The summed E-state index contributed by atoms with van der Waals surface area (Å²) in [5.41, 5.74) is 0. The Morgan fingerprint density at radius 2 is 2.12 bits per heavy atom. The minimum Gasteiger partial charge on any atom is -0.359 e. The fourth-order valence-corrected chi connectivity index (χ4v) is 2.25. The van der Waals surface area contributed by atoms with Crippen LogP contribution in [-0.2, 0) is 9.59 Å². The standard InChI is InChI=1S/C12H23N3O2/c1-3-10-5-4-8-15(10)9-12(17)14-7-6-11(16)13-2/h10H,3-9H2,1-2H3,(H,13,16)(H,14,17). The van der Waals surface area contributed by atoms with E-state index >= 15 is 0 Å². The van der Waals surface area contributed by atoms with Gasteiger partial charge in [0.15, 0.2) is 0 Å². The molecule has 2 amide bonds. The maximum Gasteiger partial charge on any atom is 0.234 e. The first-order valence-corrected chi connectivity index (χ1v) is 6.38. The first kappa shape index (κ1) is 14.0. The number of hydrogen-bond acceptors (Lipinski definition) is 3. The molecule has 0 radical (unpaired) electrons. The minimum absolute atomic E-state index is 0.0225. The molecule has 2 N–H and O–H groups in total. The minimum atomic E-state index is -0.0436. The molecule has 5 heteroatoms. The van der Waals surface area contributed by atoms with E-state index in [-0.39, 0.29) is 11.8 Å². The van der Waals surface area contributed by atoms with E-state index in [2.05, 4.69) is 22.5 Å². The number of nitrogens with zero attached hydrogens (tertiary/aromatic N) is 1. The summed E-state index contributed by atoms with van der Waals surface area (Å²) < 4.78 is 0. The Morgan fingerprint density at radius 1 is 1.35 bits per heavy atom. The van der Waals surface area contributed by atoms with Crippen molar-refractivity contribution in [2.45, 2.75) is 38.6 Å². The highest BCUT2D eigenvalue weighted by molar-refractivity contribution is 5.80. The number of rotatable bonds is 6. The second-order valence-electron chi connectivity index (χ2n) is 4.45. The van der Waals surface area contributed by atoms with Crippen molar-refractivity contribution in [3.8, 4) is 0 Å². The van der Waals surface area contributed by atoms with Crippen molar-refractivity contribution in [2.75, 3.05) is 26.7 Å². The Morgan fingerprint density at radius 3 is 2.76 bits per heavy atom. The highest BCUT2D eigenvalue weighted by atomic mass is 16.2. The Kier molecular flexibility index (Phi) is 5.97. The van der Waals surface area contributed by atoms with Gasteiger partial charge in [-0.25, -0.2) is 0 Å². The van der Waals surface area contributed by atoms with Gasteiger partial charge >= 0.3 is 0 Å². The molecule has 0 spiro atoms. The smallest absolute Gasteiger partial charge is 0.234 e. The van der Waals surface area contributed by atoms with Gasteiger partial charge in [0.1, 0.15) is 0 Å². The zero-order chi connectivity index (χ0) is 12.7. The lowest BCUT2D eigenvalue weighted by atomic mass is 10.2. The maximum absolute atomic E-state index is 11.6. The van der Waals surface area contributed by atoms with Crippen LogP contribution in [0.2, 0.25) is 0 Å². The molecule has 1 unspecified atom stereocenters. The van der Waals surface area contributed by atoms with Gasteiger partial charge in [-0.2, -0.15) is 0 Å². The number of likely N-dealkylation sites (tertiary alicyclic amines) is 1. The normalized spacial score (nSPS) is 20.2. The van der Waals surface area contributed by atoms with Gasteiger partial charge in [0.2, 0.25) is 11.8 Å². The van der Waals surface area contributed by atoms with Gasteiger partial charge in [0.25, 0.3) is 0 Å². The van der Waals surface area contributed by atoms with E-state index < -0.39 is 0 Å². The van der Waals surface area contributed by atoms with Crippen LogP contribution >= 0.6 is 0 Å². The van der Waals surface area contributed by atoms with Crippen molar-refractivity contribution in [3.63, 3.8) is 0 Å². The fourth-order valence-electron chi connectivity index (χ4n) is 2.25. The highest BCUT2D eigenvalue weighted by Crippen LogP contribution is 2.18. The first-order valence-electron chi connectivity index (χ1n) is 6.38. The first-order chi connectivity index (χ1) is 8.17. The quantitative estimate of drug-likeness (QED) is 0.694. The molecule has 1 rings (SSSR count). The largest absolute Gasteiger partial charge is 0.359 e. The summed E-state index contributed by atoms with van der Waals surface area (Å²) in [7, 11) is 1.60. The lowest BCUT2D eigenvalue weighted by Crippen LogP contribution is -2.40. The monoisotopic (exact) mass is 241 g/mol. The molecule has 5 nitrogen and oxygen atoms in total. The number of carbonyl (C=O) groups is 2. The van der Waals surface area contributed by atoms with Gasteiger partial charge in [0.05, 0.1) is 6.54 Å². The molecule has 0 saturated carbocycles. The summed E-state index contributed by atoms with van der Waals surface area (Å²) in [6.07, 6.45) is 3.83. The molecule has 0 aromatic carbocycles. The molecule has 1 saturated heterocycles. The van der Waals surface area contributed by atoms with Crippen LogP contribution in [0.15, 0.2) is 0 Å². The Hall–Kier alpha value is -1.10. The molecule has 1 aliphatic rings. The molecule has 17 heavy (non-hydrogen) atoms. The molecule has 0 bridgehead atoms. The molecule has 1 aliphatic heterocycles. The summed E-state index contributed by atoms with van der Waals surface area (Å²) in [6.45, 7) is 4.06. The average Bonchev–Trinajstić information content (AvgIpc) is 2.76. The molecule has 0 aromatic rings. The zero-order valence-corrected chi connectivity index (χ0v) is 10.8. The third-order valence-corrected chi connectivity index (χ3v) is 3.27. The summed E-state index contributed by atoms with van der Waals surface area (Å²) in [5, 5.41) is 5.31. The summed E-state index contributed by atoms with van der Waals surface area (Å²) in [4.78, 5) is 24.8. The Balaban J connectivity index is 2.18. The van der Waals surface area contributed by atoms with Crippen molar-refractivity contribution < 1.29 is 9.59 Å². The summed E-state index contributed by atoms with van der Waals surface area (Å²) >= 11 is 0. The topological polar surface area (TPSA) is 61.4 Å². The van der Waals surface area contributed by atoms with Gasteiger partial charge < -0.3 is 10.6 Å². The van der Waals surface area contributed by atoms with E-state index in [1.54, 1.807) is 7.05 Å². The van der Waals surface area contributed by atoms with Crippen LogP contribution in [0.5, 0.6) is 0 Å². The average molecular weight is 241 g/mol. The van der Waals surface area contributed by atoms with Crippen molar-refractivity contribution in [3.05, 3.63) is 0 Å². The summed E-state index contributed by atoms with van der Waals surface area (Å²) in [6, 6.07) is 0.555. The number of hydrogen-bond donors (Lipinski definition) is 2. The van der Waals surface area contributed by atoms with E-state index in [0.717, 1.165) is 13.0 Å². The molecule has 0 aliphatic carbocycles. The van der Waals surface area contributed by atoms with E-state index in [1.807, 2.05) is 0 Å². The molecule has 1 fully saturated rings. The van der Waals surface area contributed by atoms with E-state index in [4.69, 9.17) is 0 Å². The van der Waals surface area contributed by atoms with Crippen molar-refractivity contribution >= 4 is 11.8 Å². The van der Waals surface area contributed by atoms with E-state index in [0.29, 0.717) is 25.6 Å². The maximum atomic E-state index is 11.6. The molecule has 0 aromatic heterocycles. The molecule has 98 valence electrons. The Labute approximate surface area is 103 Å². The van der Waals surface area contributed by atoms with Gasteiger partial charge in [-0.05, 0) is 25.8 Å². The third-order valence-electron chi connectivity index (χ3n) is 3.27. The predicted molar refractivity (Wildman–Crippen MR) is 66.6 cm³/mol. The van der Waals surface area contributed by atoms with E-state index in [9.17, 15) is 9.59 Å². The summed E-state index contributed by atoms with van der Waals surface area (Å²) in [5.74, 6) is -0.0211. The number of carbonyl (C=O) groups excluding carboxylic acids is 2. The van der Waals surface area contributed by atoms with Crippen LogP contribution in [0, 0.1) is 0 Å². The third kappa shape index (κ3) is 4.73.